The number of piperazine rings is 1. The summed E-state index contributed by atoms with van der Waals surface area (Å²) >= 11 is 11.9. The maximum atomic E-state index is 12.4. The lowest BCUT2D eigenvalue weighted by Crippen LogP contribution is -2.48. The standard InChI is InChI=1S/C14H19Cl2N3O/c1-2-3-18-4-6-19(7-5-18)14(20)10-8-11(15)13(16)12(17)9-10/h8-9H,2-7,17H2,1H3. The normalized spacial score (nSPS) is 16.4. The second kappa shape index (κ2) is 6.66. The lowest BCUT2D eigenvalue weighted by atomic mass is 10.1. The van der Waals surface area contributed by atoms with E-state index in [-0.39, 0.29) is 5.91 Å². The maximum absolute atomic E-state index is 12.4. The molecule has 0 atom stereocenters. The second-order valence-electron chi connectivity index (χ2n) is 5.00. The Morgan fingerprint density at radius 3 is 2.45 bits per heavy atom. The van der Waals surface area contributed by atoms with Crippen LogP contribution in [0.15, 0.2) is 12.1 Å². The van der Waals surface area contributed by atoms with Gasteiger partial charge in [-0.25, -0.2) is 0 Å². The number of amides is 1. The predicted octanol–water partition coefficient (Wildman–Crippen LogP) is 2.74. The average molecular weight is 316 g/mol. The Kier molecular flexibility index (Phi) is 5.13. The van der Waals surface area contributed by atoms with E-state index in [0.717, 1.165) is 39.1 Å². The van der Waals surface area contributed by atoms with E-state index in [9.17, 15) is 4.79 Å². The lowest BCUT2D eigenvalue weighted by molar-refractivity contribution is 0.0637. The average Bonchev–Trinajstić information content (AvgIpc) is 2.44. The number of hydrogen-bond acceptors (Lipinski definition) is 3. The molecular weight excluding hydrogens is 297 g/mol. The van der Waals surface area contributed by atoms with Gasteiger partial charge in [0.1, 0.15) is 0 Å². The van der Waals surface area contributed by atoms with Crippen LogP contribution in [0.4, 0.5) is 5.69 Å². The molecule has 6 heteroatoms. The van der Waals surface area contributed by atoms with Gasteiger partial charge in [0.2, 0.25) is 0 Å². The molecule has 1 amide bonds. The molecule has 2 N–H and O–H groups in total. The van der Waals surface area contributed by atoms with Gasteiger partial charge in [0.25, 0.3) is 5.91 Å². The van der Waals surface area contributed by atoms with Gasteiger partial charge in [-0.1, -0.05) is 30.1 Å². The summed E-state index contributed by atoms with van der Waals surface area (Å²) in [6.45, 7) is 6.54. The summed E-state index contributed by atoms with van der Waals surface area (Å²) < 4.78 is 0. The predicted molar refractivity (Wildman–Crippen MR) is 83.5 cm³/mol. The van der Waals surface area contributed by atoms with E-state index in [0.29, 0.717) is 21.3 Å². The van der Waals surface area contributed by atoms with Crippen LogP contribution in [0.5, 0.6) is 0 Å². The highest BCUT2D eigenvalue weighted by atomic mass is 35.5. The number of nitrogens with zero attached hydrogens (tertiary/aromatic N) is 2. The van der Waals surface area contributed by atoms with Crippen molar-refractivity contribution in [3.8, 4) is 0 Å². The van der Waals surface area contributed by atoms with Gasteiger partial charge in [0.05, 0.1) is 15.7 Å². The summed E-state index contributed by atoms with van der Waals surface area (Å²) in [5.74, 6) is -0.0357. The fourth-order valence-corrected chi connectivity index (χ4v) is 2.74. The molecule has 1 aromatic rings. The van der Waals surface area contributed by atoms with E-state index in [1.165, 1.54) is 0 Å². The molecule has 0 spiro atoms. The minimum absolute atomic E-state index is 0.0357. The van der Waals surface area contributed by atoms with Gasteiger partial charge in [0, 0.05) is 31.7 Å². The summed E-state index contributed by atoms with van der Waals surface area (Å²) in [7, 11) is 0. The molecule has 1 fully saturated rings. The number of carbonyl (C=O) groups is 1. The first kappa shape index (κ1) is 15.4. The van der Waals surface area contributed by atoms with Crippen LogP contribution in [-0.4, -0.2) is 48.4 Å². The van der Waals surface area contributed by atoms with Crippen molar-refractivity contribution in [2.24, 2.45) is 0 Å². The van der Waals surface area contributed by atoms with Crippen molar-refractivity contribution in [3.05, 3.63) is 27.7 Å². The summed E-state index contributed by atoms with van der Waals surface area (Å²) in [6.07, 6.45) is 1.14. The van der Waals surface area contributed by atoms with Crippen molar-refractivity contribution < 1.29 is 4.79 Å². The number of halogens is 2. The number of benzene rings is 1. The van der Waals surface area contributed by atoms with Crippen molar-refractivity contribution in [1.82, 2.24) is 9.80 Å². The van der Waals surface area contributed by atoms with E-state index < -0.39 is 0 Å². The van der Waals surface area contributed by atoms with Crippen LogP contribution in [0.3, 0.4) is 0 Å². The van der Waals surface area contributed by atoms with Gasteiger partial charge >= 0.3 is 0 Å². The summed E-state index contributed by atoms with van der Waals surface area (Å²) in [4.78, 5) is 16.6. The molecule has 1 aliphatic rings. The van der Waals surface area contributed by atoms with Crippen molar-refractivity contribution in [3.63, 3.8) is 0 Å². The largest absolute Gasteiger partial charge is 0.397 e. The zero-order valence-corrected chi connectivity index (χ0v) is 13.0. The third-order valence-electron chi connectivity index (χ3n) is 3.50. The smallest absolute Gasteiger partial charge is 0.254 e. The number of rotatable bonds is 3. The number of carbonyl (C=O) groups excluding carboxylic acids is 1. The first-order valence-electron chi connectivity index (χ1n) is 6.79. The SMILES string of the molecule is CCCN1CCN(C(=O)c2cc(N)c(Cl)c(Cl)c2)CC1. The molecule has 20 heavy (non-hydrogen) atoms. The minimum atomic E-state index is -0.0357. The molecule has 1 aliphatic heterocycles. The molecule has 0 radical (unpaired) electrons. The summed E-state index contributed by atoms with van der Waals surface area (Å²) in [5.41, 5.74) is 6.60. The minimum Gasteiger partial charge on any atom is -0.397 e. The third-order valence-corrected chi connectivity index (χ3v) is 4.32. The van der Waals surface area contributed by atoms with Gasteiger partial charge < -0.3 is 10.6 Å². The molecular formula is C14H19Cl2N3O. The molecule has 0 saturated carbocycles. The quantitative estimate of drug-likeness (QED) is 0.872. The molecule has 1 saturated heterocycles. The first-order valence-corrected chi connectivity index (χ1v) is 7.54. The number of hydrogen-bond donors (Lipinski definition) is 1. The summed E-state index contributed by atoms with van der Waals surface area (Å²) in [5, 5.41) is 0.621. The van der Waals surface area contributed by atoms with Crippen LogP contribution >= 0.6 is 23.2 Å². The molecule has 1 aromatic carbocycles. The van der Waals surface area contributed by atoms with Gasteiger partial charge in [0.15, 0.2) is 0 Å². The molecule has 0 unspecified atom stereocenters. The Morgan fingerprint density at radius 1 is 1.25 bits per heavy atom. The molecule has 2 rings (SSSR count). The molecule has 0 bridgehead atoms. The van der Waals surface area contributed by atoms with E-state index in [4.69, 9.17) is 28.9 Å². The Bertz CT molecular complexity index is 476. The lowest BCUT2D eigenvalue weighted by Gasteiger charge is -2.34. The highest BCUT2D eigenvalue weighted by Crippen LogP contribution is 2.30. The van der Waals surface area contributed by atoms with Crippen LogP contribution in [0.25, 0.3) is 0 Å². The molecule has 0 aliphatic carbocycles. The first-order chi connectivity index (χ1) is 9.52. The number of nitrogens with two attached hydrogens (primary N) is 1. The van der Waals surface area contributed by atoms with Crippen molar-refractivity contribution in [2.45, 2.75) is 13.3 Å². The van der Waals surface area contributed by atoms with Crippen molar-refractivity contribution in [1.29, 1.82) is 0 Å². The van der Waals surface area contributed by atoms with Crippen LogP contribution in [0, 0.1) is 0 Å². The van der Waals surface area contributed by atoms with E-state index in [1.54, 1.807) is 12.1 Å². The maximum Gasteiger partial charge on any atom is 0.254 e. The highest BCUT2D eigenvalue weighted by Gasteiger charge is 2.22. The van der Waals surface area contributed by atoms with Crippen LogP contribution < -0.4 is 5.73 Å². The van der Waals surface area contributed by atoms with Gasteiger partial charge in [-0.15, -0.1) is 0 Å². The van der Waals surface area contributed by atoms with Gasteiger partial charge in [-0.2, -0.15) is 0 Å². The monoisotopic (exact) mass is 315 g/mol. The Labute approximate surface area is 129 Å². The topological polar surface area (TPSA) is 49.6 Å². The fraction of sp³-hybridized carbons (Fsp3) is 0.500. The van der Waals surface area contributed by atoms with E-state index >= 15 is 0 Å². The Balaban J connectivity index is 2.06. The third kappa shape index (κ3) is 3.37. The molecule has 4 nitrogen and oxygen atoms in total. The van der Waals surface area contributed by atoms with E-state index in [1.807, 2.05) is 4.90 Å². The number of anilines is 1. The Hall–Kier alpha value is -0.970. The fourth-order valence-electron chi connectivity index (χ4n) is 2.41. The van der Waals surface area contributed by atoms with E-state index in [2.05, 4.69) is 11.8 Å². The Morgan fingerprint density at radius 2 is 1.90 bits per heavy atom. The van der Waals surface area contributed by atoms with Crippen molar-refractivity contribution in [2.75, 3.05) is 38.5 Å². The zero-order valence-electron chi connectivity index (χ0n) is 11.5. The molecule has 0 aromatic heterocycles. The number of nitrogen functional groups attached to an aromatic ring is 1. The van der Waals surface area contributed by atoms with Crippen LogP contribution in [0.1, 0.15) is 23.7 Å². The van der Waals surface area contributed by atoms with Crippen molar-refractivity contribution >= 4 is 34.8 Å². The van der Waals surface area contributed by atoms with Gasteiger partial charge in [-0.3, -0.25) is 9.69 Å². The summed E-state index contributed by atoms with van der Waals surface area (Å²) in [6, 6.07) is 3.18. The van der Waals surface area contributed by atoms with Crippen LogP contribution in [-0.2, 0) is 0 Å². The zero-order chi connectivity index (χ0) is 14.7. The highest BCUT2D eigenvalue weighted by molar-refractivity contribution is 6.43. The molecule has 1 heterocycles. The van der Waals surface area contributed by atoms with Gasteiger partial charge in [-0.05, 0) is 25.1 Å². The van der Waals surface area contributed by atoms with Crippen LogP contribution in [0.2, 0.25) is 10.0 Å². The second-order valence-corrected chi connectivity index (χ2v) is 5.78. The molecule has 110 valence electrons.